The van der Waals surface area contributed by atoms with Crippen molar-refractivity contribution < 1.29 is 28.5 Å². The van der Waals surface area contributed by atoms with Gasteiger partial charge in [0.15, 0.2) is 17.3 Å². The summed E-state index contributed by atoms with van der Waals surface area (Å²) in [7, 11) is 3.14. The number of benzene rings is 2. The third-order valence-corrected chi connectivity index (χ3v) is 6.67. The molecule has 156 valence electrons. The molecule has 0 aliphatic carbocycles. The number of carbonyl (C=O) groups is 1. The van der Waals surface area contributed by atoms with Crippen LogP contribution < -0.4 is 23.7 Å². The van der Waals surface area contributed by atoms with Crippen LogP contribution in [0.2, 0.25) is 0 Å². The van der Waals surface area contributed by atoms with Gasteiger partial charge in [0, 0.05) is 28.9 Å². The molecule has 7 heteroatoms. The van der Waals surface area contributed by atoms with E-state index in [1.807, 2.05) is 12.1 Å². The van der Waals surface area contributed by atoms with E-state index in [-0.39, 0.29) is 18.5 Å². The normalized spacial score (nSPS) is 23.0. The zero-order valence-electron chi connectivity index (χ0n) is 16.7. The van der Waals surface area contributed by atoms with Crippen LogP contribution in [0.15, 0.2) is 36.4 Å². The van der Waals surface area contributed by atoms with E-state index in [1.165, 1.54) is 0 Å². The number of hydrogen-bond acceptors (Lipinski definition) is 6. The number of methoxy groups -OCH3 is 2. The van der Waals surface area contributed by atoms with Crippen molar-refractivity contribution in [3.63, 3.8) is 0 Å². The summed E-state index contributed by atoms with van der Waals surface area (Å²) in [4.78, 5) is 13.6. The maximum atomic E-state index is 13.6. The summed E-state index contributed by atoms with van der Waals surface area (Å²) < 4.78 is 29.1. The summed E-state index contributed by atoms with van der Waals surface area (Å²) in [6.45, 7) is 4.34. The van der Waals surface area contributed by atoms with E-state index in [1.54, 1.807) is 26.4 Å². The van der Waals surface area contributed by atoms with Crippen molar-refractivity contribution in [3.8, 4) is 28.7 Å². The van der Waals surface area contributed by atoms with E-state index < -0.39 is 12.0 Å². The molecule has 30 heavy (non-hydrogen) atoms. The average molecular weight is 473 g/mol. The van der Waals surface area contributed by atoms with Crippen molar-refractivity contribution in [2.75, 3.05) is 26.2 Å². The second-order valence-corrected chi connectivity index (χ2v) is 8.14. The first-order chi connectivity index (χ1) is 14.5. The molecule has 0 amide bonds. The summed E-state index contributed by atoms with van der Waals surface area (Å²) in [6, 6.07) is 7.22. The van der Waals surface area contributed by atoms with Crippen molar-refractivity contribution in [2.45, 2.75) is 24.5 Å². The van der Waals surface area contributed by atoms with Crippen molar-refractivity contribution >= 4 is 21.7 Å². The van der Waals surface area contributed by atoms with Gasteiger partial charge in [-0.2, -0.15) is 0 Å². The van der Waals surface area contributed by atoms with Gasteiger partial charge < -0.3 is 23.7 Å². The molecule has 3 atom stereocenters. The molecule has 0 fully saturated rings. The minimum Gasteiger partial charge on any atom is -0.493 e. The largest absolute Gasteiger partial charge is 0.493 e. The Labute approximate surface area is 182 Å². The van der Waals surface area contributed by atoms with Gasteiger partial charge >= 0.3 is 0 Å². The van der Waals surface area contributed by atoms with Gasteiger partial charge in [-0.1, -0.05) is 22.5 Å². The molecule has 0 aromatic heterocycles. The Morgan fingerprint density at radius 1 is 1.17 bits per heavy atom. The van der Waals surface area contributed by atoms with Gasteiger partial charge in [0.05, 0.1) is 25.7 Å². The molecule has 3 aliphatic heterocycles. The van der Waals surface area contributed by atoms with Crippen molar-refractivity contribution in [1.29, 1.82) is 0 Å². The Kier molecular flexibility index (Phi) is 4.65. The number of alkyl halides is 1. The monoisotopic (exact) mass is 472 g/mol. The Morgan fingerprint density at radius 3 is 2.67 bits per heavy atom. The van der Waals surface area contributed by atoms with Crippen LogP contribution in [0, 0.1) is 0 Å². The summed E-state index contributed by atoms with van der Waals surface area (Å²) >= 11 is 3.44. The molecule has 0 N–H and O–H groups in total. The van der Waals surface area contributed by atoms with Crippen LogP contribution in [0.25, 0.3) is 0 Å². The summed E-state index contributed by atoms with van der Waals surface area (Å²) in [5.74, 6) is 2.64. The molecular formula is C23H21BrO6. The van der Waals surface area contributed by atoms with E-state index in [2.05, 4.69) is 22.5 Å². The fourth-order valence-corrected chi connectivity index (χ4v) is 4.74. The van der Waals surface area contributed by atoms with Gasteiger partial charge in [0.2, 0.25) is 0 Å². The van der Waals surface area contributed by atoms with E-state index >= 15 is 0 Å². The maximum Gasteiger partial charge on any atom is 0.178 e. The summed E-state index contributed by atoms with van der Waals surface area (Å²) in [5, 5.41) is 0.661. The highest BCUT2D eigenvalue weighted by Gasteiger charge is 2.45. The van der Waals surface area contributed by atoms with Gasteiger partial charge in [-0.05, 0) is 23.8 Å². The Balaban J connectivity index is 1.56. The first-order valence-electron chi connectivity index (χ1n) is 9.71. The first-order valence-corrected chi connectivity index (χ1v) is 10.8. The van der Waals surface area contributed by atoms with E-state index in [0.717, 1.165) is 22.4 Å². The molecule has 0 bridgehead atoms. The minimum atomic E-state index is -0.463. The molecule has 0 spiro atoms. The highest BCUT2D eigenvalue weighted by Crippen LogP contribution is 2.49. The smallest absolute Gasteiger partial charge is 0.178 e. The number of halogens is 1. The fourth-order valence-electron chi connectivity index (χ4n) is 4.38. The quantitative estimate of drug-likeness (QED) is 0.493. The number of ether oxygens (including phenoxy) is 5. The Bertz CT molecular complexity index is 1060. The van der Waals surface area contributed by atoms with Gasteiger partial charge in [-0.25, -0.2) is 0 Å². The van der Waals surface area contributed by atoms with Crippen molar-refractivity contribution in [2.24, 2.45) is 0 Å². The van der Waals surface area contributed by atoms with Gasteiger partial charge in [-0.15, -0.1) is 0 Å². The SMILES string of the molecule is C=C(CBr)[C@@H]1Cc2c(ccc3c2O[C@@H]2COc4cc(OC)c(OC)cc4[C@H]2C3=O)O1. The second kappa shape index (κ2) is 7.23. The lowest BCUT2D eigenvalue weighted by atomic mass is 9.81. The van der Waals surface area contributed by atoms with E-state index in [0.29, 0.717) is 40.3 Å². The number of hydrogen-bond donors (Lipinski definition) is 0. The molecule has 3 heterocycles. The molecule has 2 aromatic rings. The van der Waals surface area contributed by atoms with Crippen LogP contribution in [0.4, 0.5) is 0 Å². The third-order valence-electron chi connectivity index (χ3n) is 5.95. The van der Waals surface area contributed by atoms with Crippen LogP contribution >= 0.6 is 15.9 Å². The number of fused-ring (bicyclic) bond motifs is 6. The second-order valence-electron chi connectivity index (χ2n) is 7.58. The molecule has 0 unspecified atom stereocenters. The Morgan fingerprint density at radius 2 is 1.93 bits per heavy atom. The highest BCUT2D eigenvalue weighted by molar-refractivity contribution is 9.09. The van der Waals surface area contributed by atoms with Crippen LogP contribution in [0.3, 0.4) is 0 Å². The zero-order valence-corrected chi connectivity index (χ0v) is 18.3. The fraction of sp³-hybridized carbons (Fsp3) is 0.348. The van der Waals surface area contributed by atoms with Crippen LogP contribution in [-0.4, -0.2) is 44.1 Å². The lowest BCUT2D eigenvalue weighted by molar-refractivity contribution is 0.0554. The molecule has 6 nitrogen and oxygen atoms in total. The minimum absolute atomic E-state index is 0.0172. The average Bonchev–Trinajstić information content (AvgIpc) is 3.22. The van der Waals surface area contributed by atoms with E-state index in [4.69, 9.17) is 23.7 Å². The molecule has 0 saturated heterocycles. The summed E-state index contributed by atoms with van der Waals surface area (Å²) in [6.07, 6.45) is 0.0960. The number of Topliss-reactive ketones (excluding diaryl/α,β-unsaturated/α-hetero) is 1. The molecule has 0 saturated carbocycles. The number of carbonyl (C=O) groups excluding carboxylic acids is 1. The predicted octanol–water partition coefficient (Wildman–Crippen LogP) is 4.08. The van der Waals surface area contributed by atoms with Crippen LogP contribution in [0.1, 0.15) is 27.4 Å². The maximum absolute atomic E-state index is 13.6. The van der Waals surface area contributed by atoms with Crippen molar-refractivity contribution in [3.05, 3.63) is 53.1 Å². The van der Waals surface area contributed by atoms with Gasteiger partial charge in [-0.3, -0.25) is 4.79 Å². The standard InChI is InChI=1S/C23H21BrO6/c1-11(9-24)16-7-14-15(29-16)5-4-12-22(25)21-13-6-18(26-2)19(27-3)8-17(13)28-10-20(21)30-23(12)14/h4-6,8,16,20-21H,1,7,9-10H2,2-3H3/t16-,20+,21+/m0/s1. The predicted molar refractivity (Wildman–Crippen MR) is 114 cm³/mol. The first kappa shape index (κ1) is 19.3. The third kappa shape index (κ3) is 2.79. The molecular weight excluding hydrogens is 452 g/mol. The Hall–Kier alpha value is -2.67. The number of rotatable bonds is 4. The van der Waals surface area contributed by atoms with Gasteiger partial charge in [0.1, 0.15) is 36.1 Å². The molecule has 2 aromatic carbocycles. The van der Waals surface area contributed by atoms with E-state index in [9.17, 15) is 4.79 Å². The lowest BCUT2D eigenvalue weighted by Crippen LogP contribution is -2.43. The van der Waals surface area contributed by atoms with Gasteiger partial charge in [0.25, 0.3) is 0 Å². The molecule has 5 rings (SSSR count). The lowest BCUT2D eigenvalue weighted by Gasteiger charge is -2.37. The molecule has 3 aliphatic rings. The highest BCUT2D eigenvalue weighted by atomic mass is 79.9. The van der Waals surface area contributed by atoms with Crippen molar-refractivity contribution in [1.82, 2.24) is 0 Å². The topological polar surface area (TPSA) is 63.2 Å². The summed E-state index contributed by atoms with van der Waals surface area (Å²) in [5.41, 5.74) is 3.20. The number of ketones is 1. The molecule has 0 radical (unpaired) electrons. The van der Waals surface area contributed by atoms with Crippen LogP contribution in [0.5, 0.6) is 28.7 Å². The van der Waals surface area contributed by atoms with Crippen LogP contribution in [-0.2, 0) is 6.42 Å². The zero-order chi connectivity index (χ0) is 21.0.